The molecule has 1 radical (unpaired) electrons. The maximum Gasteiger partial charge on any atom is -0.0383 e. The molecule has 2 rings (SSSR count). The minimum Gasteiger partial charge on any atom is -0.0533 e. The van der Waals surface area contributed by atoms with Gasteiger partial charge in [-0.15, -0.1) is 0 Å². The lowest BCUT2D eigenvalue weighted by atomic mass is 9.85. The van der Waals surface area contributed by atoms with E-state index in [1.165, 1.54) is 77.0 Å². The second kappa shape index (κ2) is 6.55. The minimum atomic E-state index is 1.06. The van der Waals surface area contributed by atoms with E-state index in [1.54, 1.807) is 0 Å². The van der Waals surface area contributed by atoms with Gasteiger partial charge in [0.1, 0.15) is 0 Å². The molecule has 0 amide bonds. The highest BCUT2D eigenvalue weighted by Crippen LogP contribution is 2.31. The lowest BCUT2D eigenvalue weighted by Crippen LogP contribution is -2.06. The van der Waals surface area contributed by atoms with Crippen LogP contribution >= 0.6 is 0 Å². The molecule has 2 aliphatic carbocycles. The van der Waals surface area contributed by atoms with Crippen molar-refractivity contribution in [3.63, 3.8) is 0 Å². The molecule has 0 bridgehead atoms. The summed E-state index contributed by atoms with van der Waals surface area (Å²) in [5.74, 6) is 2.15. The molecule has 0 unspecified atom stereocenters. The van der Waals surface area contributed by atoms with E-state index < -0.39 is 0 Å². The molecule has 0 aromatic carbocycles. The van der Waals surface area contributed by atoms with E-state index in [4.69, 9.17) is 0 Å². The first kappa shape index (κ1) is 11.5. The molecule has 2 fully saturated rings. The van der Waals surface area contributed by atoms with Crippen LogP contribution in [0.25, 0.3) is 0 Å². The summed E-state index contributed by atoms with van der Waals surface area (Å²) < 4.78 is 0. The van der Waals surface area contributed by atoms with E-state index in [1.807, 2.05) is 0 Å². The third kappa shape index (κ3) is 4.17. The number of unbranched alkanes of at least 4 members (excludes halogenated alkanes) is 1. The van der Waals surface area contributed by atoms with Gasteiger partial charge in [-0.1, -0.05) is 64.2 Å². The Morgan fingerprint density at radius 1 is 0.733 bits per heavy atom. The van der Waals surface area contributed by atoms with Crippen LogP contribution in [0.15, 0.2) is 0 Å². The Morgan fingerprint density at radius 3 is 2.07 bits per heavy atom. The van der Waals surface area contributed by atoms with E-state index in [9.17, 15) is 0 Å². The zero-order valence-electron chi connectivity index (χ0n) is 10.2. The average Bonchev–Trinajstić information content (AvgIpc) is 2.79. The molecule has 0 saturated heterocycles. The van der Waals surface area contributed by atoms with Crippen LogP contribution in [0.4, 0.5) is 0 Å². The zero-order chi connectivity index (χ0) is 10.3. The molecule has 0 aromatic heterocycles. The second-order valence-corrected chi connectivity index (χ2v) is 5.76. The Hall–Kier alpha value is 0. The molecule has 0 aliphatic heterocycles. The molecule has 15 heavy (non-hydrogen) atoms. The van der Waals surface area contributed by atoms with Gasteiger partial charge < -0.3 is 0 Å². The number of rotatable bonds is 5. The molecule has 0 nitrogen and oxygen atoms in total. The Labute approximate surface area is 95.8 Å². The lowest BCUT2D eigenvalue weighted by Gasteiger charge is -2.21. The monoisotopic (exact) mass is 207 g/mol. The smallest absolute Gasteiger partial charge is 0.0383 e. The number of hydrogen-bond acceptors (Lipinski definition) is 0. The molecule has 87 valence electrons. The first-order chi connectivity index (χ1) is 7.45. The molecular formula is C15H27. The first-order valence-corrected chi connectivity index (χ1v) is 7.27. The van der Waals surface area contributed by atoms with Crippen LogP contribution < -0.4 is 0 Å². The molecule has 2 aliphatic rings. The zero-order valence-corrected chi connectivity index (χ0v) is 10.2. The van der Waals surface area contributed by atoms with Crippen molar-refractivity contribution in [1.29, 1.82) is 0 Å². The largest absolute Gasteiger partial charge is 0.0533 e. The maximum atomic E-state index is 2.61. The van der Waals surface area contributed by atoms with Crippen molar-refractivity contribution in [2.45, 2.75) is 77.0 Å². The van der Waals surface area contributed by atoms with Gasteiger partial charge in [-0.05, 0) is 31.1 Å². The summed E-state index contributed by atoms with van der Waals surface area (Å²) in [6.07, 6.45) is 20.5. The molecule has 0 spiro atoms. The normalized spacial score (nSPS) is 24.8. The van der Waals surface area contributed by atoms with Gasteiger partial charge in [0, 0.05) is 0 Å². The van der Waals surface area contributed by atoms with Crippen LogP contribution in [0.1, 0.15) is 77.0 Å². The van der Waals surface area contributed by atoms with Crippen LogP contribution in [0, 0.1) is 18.3 Å². The minimum absolute atomic E-state index is 1.06. The predicted molar refractivity (Wildman–Crippen MR) is 66.7 cm³/mol. The van der Waals surface area contributed by atoms with Crippen LogP contribution in [0.2, 0.25) is 0 Å². The van der Waals surface area contributed by atoms with Crippen molar-refractivity contribution in [3.05, 3.63) is 6.42 Å². The van der Waals surface area contributed by atoms with Crippen LogP contribution in [-0.4, -0.2) is 0 Å². The van der Waals surface area contributed by atoms with Gasteiger partial charge in [-0.2, -0.15) is 0 Å². The van der Waals surface area contributed by atoms with Gasteiger partial charge >= 0.3 is 0 Å². The Balaban J connectivity index is 1.47. The van der Waals surface area contributed by atoms with Crippen molar-refractivity contribution >= 4 is 0 Å². The summed E-state index contributed by atoms with van der Waals surface area (Å²) in [5, 5.41) is 0. The van der Waals surface area contributed by atoms with Crippen molar-refractivity contribution < 1.29 is 0 Å². The summed E-state index contributed by atoms with van der Waals surface area (Å²) in [5.41, 5.74) is 0. The van der Waals surface area contributed by atoms with Gasteiger partial charge in [-0.3, -0.25) is 0 Å². The second-order valence-electron chi connectivity index (χ2n) is 5.76. The van der Waals surface area contributed by atoms with E-state index in [2.05, 4.69) is 6.42 Å². The topological polar surface area (TPSA) is 0 Å². The highest BCUT2D eigenvalue weighted by Gasteiger charge is 2.16. The summed E-state index contributed by atoms with van der Waals surface area (Å²) in [7, 11) is 0. The highest BCUT2D eigenvalue weighted by atomic mass is 14.2. The van der Waals surface area contributed by atoms with Crippen molar-refractivity contribution in [2.24, 2.45) is 11.8 Å². The van der Waals surface area contributed by atoms with Gasteiger partial charge in [0.2, 0.25) is 0 Å². The van der Waals surface area contributed by atoms with Crippen molar-refractivity contribution in [2.75, 3.05) is 0 Å². The first-order valence-electron chi connectivity index (χ1n) is 7.27. The van der Waals surface area contributed by atoms with Crippen LogP contribution in [-0.2, 0) is 0 Å². The van der Waals surface area contributed by atoms with Crippen LogP contribution in [0.3, 0.4) is 0 Å². The Kier molecular flexibility index (Phi) is 5.02. The molecule has 2 saturated carbocycles. The summed E-state index contributed by atoms with van der Waals surface area (Å²) in [6, 6.07) is 0. The maximum absolute atomic E-state index is 2.61. The predicted octanol–water partition coefficient (Wildman–Crippen LogP) is 5.13. The Bertz CT molecular complexity index is 149. The van der Waals surface area contributed by atoms with Gasteiger partial charge in [0.15, 0.2) is 0 Å². The fraction of sp³-hybridized carbons (Fsp3) is 0.933. The fourth-order valence-electron chi connectivity index (χ4n) is 3.43. The third-order valence-electron chi connectivity index (χ3n) is 4.48. The van der Waals surface area contributed by atoms with Crippen molar-refractivity contribution in [1.82, 2.24) is 0 Å². The molecule has 0 heterocycles. The summed E-state index contributed by atoms with van der Waals surface area (Å²) in [6.45, 7) is 0. The Morgan fingerprint density at radius 2 is 1.33 bits per heavy atom. The lowest BCUT2D eigenvalue weighted by molar-refractivity contribution is 0.349. The molecule has 0 N–H and O–H groups in total. The highest BCUT2D eigenvalue weighted by molar-refractivity contribution is 4.76. The molecular weight excluding hydrogens is 180 g/mol. The average molecular weight is 207 g/mol. The molecule has 0 atom stereocenters. The van der Waals surface area contributed by atoms with Crippen LogP contribution in [0.5, 0.6) is 0 Å². The standard InChI is InChI=1S/C15H27/c1-2-8-14(9-3-1)10-4-5-11-15-12-6-7-13-15/h4,14-15H,1-3,5-13H2. The fourth-order valence-corrected chi connectivity index (χ4v) is 3.43. The van der Waals surface area contributed by atoms with Gasteiger partial charge in [0.05, 0.1) is 0 Å². The summed E-state index contributed by atoms with van der Waals surface area (Å²) >= 11 is 0. The van der Waals surface area contributed by atoms with E-state index in [0.29, 0.717) is 0 Å². The van der Waals surface area contributed by atoms with E-state index >= 15 is 0 Å². The van der Waals surface area contributed by atoms with E-state index in [-0.39, 0.29) is 0 Å². The van der Waals surface area contributed by atoms with Crippen molar-refractivity contribution in [3.8, 4) is 0 Å². The number of hydrogen-bond donors (Lipinski definition) is 0. The summed E-state index contributed by atoms with van der Waals surface area (Å²) in [4.78, 5) is 0. The van der Waals surface area contributed by atoms with Gasteiger partial charge in [-0.25, -0.2) is 0 Å². The van der Waals surface area contributed by atoms with Gasteiger partial charge in [0.25, 0.3) is 0 Å². The quantitative estimate of drug-likeness (QED) is 0.548. The van der Waals surface area contributed by atoms with E-state index in [0.717, 1.165) is 11.8 Å². The molecule has 0 aromatic rings. The third-order valence-corrected chi connectivity index (χ3v) is 4.48. The molecule has 0 heteroatoms. The SMILES string of the molecule is [CH](CCC1CCCC1)CC1CCCCC1.